The van der Waals surface area contributed by atoms with E-state index in [0.29, 0.717) is 5.75 Å². The first-order chi connectivity index (χ1) is 22.0. The number of nitrogens with two attached hydrogens (primary N) is 1. The summed E-state index contributed by atoms with van der Waals surface area (Å²) in [5.74, 6) is 0.385. The average Bonchev–Trinajstić information content (AvgIpc) is 3.60. The maximum absolute atomic E-state index is 15.5. The van der Waals surface area contributed by atoms with Gasteiger partial charge < -0.3 is 29.4 Å². The highest BCUT2D eigenvalue weighted by atomic mass is 35.5. The van der Waals surface area contributed by atoms with Gasteiger partial charge in [0.25, 0.3) is 0 Å². The Morgan fingerprint density at radius 3 is 2.27 bits per heavy atom. The van der Waals surface area contributed by atoms with Crippen LogP contribution in [0.15, 0.2) is 97.3 Å². The van der Waals surface area contributed by atoms with Crippen molar-refractivity contribution >= 4 is 46.2 Å². The molecule has 1 aliphatic rings. The number of hydrogen-bond acceptors (Lipinski definition) is 10. The second-order valence-corrected chi connectivity index (χ2v) is 11.0. The Balaban J connectivity index is 1.38. The molecular weight excluding hydrogens is 621 g/mol. The van der Waals surface area contributed by atoms with E-state index in [1.54, 1.807) is 28.8 Å². The molecule has 0 saturated carbocycles. The Morgan fingerprint density at radius 2 is 1.60 bits per heavy atom. The fraction of sp³-hybridized carbons (Fsp3) is 0.250. The summed E-state index contributed by atoms with van der Waals surface area (Å²) >= 11 is 11.8. The van der Waals surface area contributed by atoms with Crippen LogP contribution in [0, 0.1) is 0 Å². The third-order valence-electron chi connectivity index (χ3n) is 7.26. The van der Waals surface area contributed by atoms with Gasteiger partial charge in [-0.1, -0.05) is 90.5 Å². The van der Waals surface area contributed by atoms with Gasteiger partial charge in [-0.05, 0) is 23.3 Å². The standard InChI is InChI=1S/C32H29ClFN5O5S/c33-27-24-28(38-30(35)37-27)39(20-36-24)29-25(43-31(45)42-23-14-8-3-9-15-23)26(41-17-22-12-6-2-7-13-22)32(18-34,44-29)19-40-16-21-10-4-1-5-11-21/h1-15,20,25-26,29H,16-19H2,(H2,35,37,38)/t25-,26+,29-,32-/m1/s1. The molecule has 1 aliphatic heterocycles. The number of imidazole rings is 1. The summed E-state index contributed by atoms with van der Waals surface area (Å²) in [7, 11) is 0. The van der Waals surface area contributed by atoms with Crippen LogP contribution in [0.4, 0.5) is 10.3 Å². The van der Waals surface area contributed by atoms with Gasteiger partial charge in [0.15, 0.2) is 28.7 Å². The van der Waals surface area contributed by atoms with Crippen molar-refractivity contribution in [2.24, 2.45) is 0 Å². The number of nitrogens with zero attached hydrogens (tertiary/aromatic N) is 4. The van der Waals surface area contributed by atoms with Crippen LogP contribution in [0.5, 0.6) is 5.75 Å². The molecule has 45 heavy (non-hydrogen) atoms. The number of alkyl halides is 1. The van der Waals surface area contributed by atoms with E-state index in [-0.39, 0.29) is 47.3 Å². The fourth-order valence-electron chi connectivity index (χ4n) is 5.15. The van der Waals surface area contributed by atoms with Gasteiger partial charge in [0.05, 0.1) is 26.1 Å². The van der Waals surface area contributed by atoms with E-state index >= 15 is 4.39 Å². The Bertz CT molecular complexity index is 1740. The molecule has 0 aliphatic carbocycles. The summed E-state index contributed by atoms with van der Waals surface area (Å²) in [6.45, 7) is -0.810. The smallest absolute Gasteiger partial charge is 0.358 e. The molecule has 1 fully saturated rings. The van der Waals surface area contributed by atoms with Crippen LogP contribution in [0.25, 0.3) is 11.2 Å². The van der Waals surface area contributed by atoms with Gasteiger partial charge in [0, 0.05) is 12.2 Å². The number of fused-ring (bicyclic) bond motifs is 1. The number of hydrogen-bond donors (Lipinski definition) is 1. The van der Waals surface area contributed by atoms with Gasteiger partial charge >= 0.3 is 5.24 Å². The van der Waals surface area contributed by atoms with Crippen LogP contribution in [0.2, 0.25) is 5.15 Å². The average molecular weight is 650 g/mol. The summed E-state index contributed by atoms with van der Waals surface area (Å²) in [5, 5.41) is -0.168. The van der Waals surface area contributed by atoms with Crippen molar-refractivity contribution in [3.05, 3.63) is 114 Å². The molecule has 3 heterocycles. The maximum Gasteiger partial charge on any atom is 0.358 e. The Kier molecular flexibility index (Phi) is 9.47. The van der Waals surface area contributed by atoms with Gasteiger partial charge in [-0.3, -0.25) is 4.57 Å². The van der Waals surface area contributed by atoms with Crippen molar-refractivity contribution in [2.75, 3.05) is 19.0 Å². The number of anilines is 1. The van der Waals surface area contributed by atoms with Gasteiger partial charge in [-0.25, -0.2) is 9.37 Å². The summed E-state index contributed by atoms with van der Waals surface area (Å²) < 4.78 is 48.1. The quantitative estimate of drug-likeness (QED) is 0.138. The Labute approximate surface area is 268 Å². The number of para-hydroxylation sites is 1. The zero-order valence-electron chi connectivity index (χ0n) is 23.9. The lowest BCUT2D eigenvalue weighted by molar-refractivity contribution is -0.164. The summed E-state index contributed by atoms with van der Waals surface area (Å²) in [5.41, 5.74) is 6.59. The lowest BCUT2D eigenvalue weighted by atomic mass is 9.96. The molecule has 0 spiro atoms. The zero-order valence-corrected chi connectivity index (χ0v) is 25.4. The number of thiocarbonyl (C=S) groups is 1. The van der Waals surface area contributed by atoms with Crippen molar-refractivity contribution in [3.63, 3.8) is 0 Å². The van der Waals surface area contributed by atoms with Crippen LogP contribution >= 0.6 is 23.8 Å². The van der Waals surface area contributed by atoms with Gasteiger partial charge in [-0.2, -0.15) is 9.97 Å². The number of rotatable bonds is 11. The molecule has 6 rings (SSSR count). The van der Waals surface area contributed by atoms with Crippen LogP contribution in [0.3, 0.4) is 0 Å². The first kappa shape index (κ1) is 30.8. The third-order valence-corrected chi connectivity index (χ3v) is 7.70. The molecule has 2 aromatic heterocycles. The highest BCUT2D eigenvalue weighted by molar-refractivity contribution is 7.79. The van der Waals surface area contributed by atoms with Crippen molar-refractivity contribution in [3.8, 4) is 5.75 Å². The fourth-order valence-corrected chi connectivity index (χ4v) is 5.57. The van der Waals surface area contributed by atoms with Crippen molar-refractivity contribution in [2.45, 2.75) is 37.3 Å². The summed E-state index contributed by atoms with van der Waals surface area (Å²) in [4.78, 5) is 12.7. The Hall–Kier alpha value is -4.20. The summed E-state index contributed by atoms with van der Waals surface area (Å²) in [6.07, 6.45) is -1.74. The first-order valence-corrected chi connectivity index (χ1v) is 14.8. The van der Waals surface area contributed by atoms with Gasteiger partial charge in [0.1, 0.15) is 24.0 Å². The molecule has 0 unspecified atom stereocenters. The van der Waals surface area contributed by atoms with Crippen LogP contribution in [-0.2, 0) is 32.2 Å². The minimum Gasteiger partial charge on any atom is -0.446 e. The van der Waals surface area contributed by atoms with Crippen LogP contribution in [0.1, 0.15) is 17.4 Å². The summed E-state index contributed by atoms with van der Waals surface area (Å²) in [6, 6.07) is 27.9. The number of ether oxygens (including phenoxy) is 5. The van der Waals surface area contributed by atoms with E-state index in [2.05, 4.69) is 15.0 Å². The van der Waals surface area contributed by atoms with Crippen molar-refractivity contribution in [1.29, 1.82) is 0 Å². The van der Waals surface area contributed by atoms with Crippen LogP contribution < -0.4 is 10.5 Å². The predicted molar refractivity (Wildman–Crippen MR) is 169 cm³/mol. The monoisotopic (exact) mass is 649 g/mol. The molecule has 4 atom stereocenters. The molecule has 2 N–H and O–H groups in total. The minimum atomic E-state index is -1.64. The molecular formula is C32H29ClFN5O5S. The molecule has 0 bridgehead atoms. The molecule has 5 aromatic rings. The SMILES string of the molecule is Nc1nc(Cl)c2ncn([C@@H]3O[C@](CF)(COCc4ccccc4)[C@@H](OCc4ccccc4)[C@H]3OC(=S)Oc3ccccc3)c2n1. The molecule has 3 aromatic carbocycles. The number of halogens is 2. The van der Waals surface area contributed by atoms with E-state index in [1.807, 2.05) is 66.7 Å². The molecule has 0 amide bonds. The predicted octanol–water partition coefficient (Wildman–Crippen LogP) is 5.85. The lowest BCUT2D eigenvalue weighted by Gasteiger charge is -2.32. The van der Waals surface area contributed by atoms with E-state index in [1.165, 1.54) is 6.33 Å². The highest BCUT2D eigenvalue weighted by Gasteiger charge is 2.59. The normalized spacial score (nSPS) is 21.2. The minimum absolute atomic E-state index is 0.0504. The zero-order chi connectivity index (χ0) is 31.2. The maximum atomic E-state index is 15.5. The molecule has 13 heteroatoms. The molecule has 232 valence electrons. The molecule has 1 saturated heterocycles. The van der Waals surface area contributed by atoms with Crippen LogP contribution in [-0.4, -0.2) is 55.8 Å². The number of nitrogen functional groups attached to an aromatic ring is 1. The van der Waals surface area contributed by atoms with Crippen molar-refractivity contribution in [1.82, 2.24) is 19.5 Å². The van der Waals surface area contributed by atoms with Gasteiger partial charge in [-0.15, -0.1) is 0 Å². The first-order valence-electron chi connectivity index (χ1n) is 14.1. The molecule has 0 radical (unpaired) electrons. The Morgan fingerprint density at radius 1 is 0.956 bits per heavy atom. The molecule has 10 nitrogen and oxygen atoms in total. The van der Waals surface area contributed by atoms with E-state index in [9.17, 15) is 0 Å². The van der Waals surface area contributed by atoms with E-state index in [0.717, 1.165) is 11.1 Å². The highest BCUT2D eigenvalue weighted by Crippen LogP contribution is 2.43. The van der Waals surface area contributed by atoms with E-state index in [4.69, 9.17) is 53.2 Å². The van der Waals surface area contributed by atoms with Gasteiger partial charge in [0.2, 0.25) is 5.95 Å². The third kappa shape index (κ3) is 6.90. The largest absolute Gasteiger partial charge is 0.446 e. The van der Waals surface area contributed by atoms with Crippen molar-refractivity contribution < 1.29 is 28.1 Å². The number of benzene rings is 3. The second kappa shape index (κ2) is 13.8. The number of aromatic nitrogens is 4. The lowest BCUT2D eigenvalue weighted by Crippen LogP contribution is -2.51. The van der Waals surface area contributed by atoms with E-state index < -0.39 is 30.7 Å². The topological polar surface area (TPSA) is 116 Å². The second-order valence-electron chi connectivity index (χ2n) is 10.3.